The van der Waals surface area contributed by atoms with E-state index in [0.29, 0.717) is 11.6 Å². The summed E-state index contributed by atoms with van der Waals surface area (Å²) in [7, 11) is 1.63. The number of nitrogen functional groups attached to an aromatic ring is 1. The summed E-state index contributed by atoms with van der Waals surface area (Å²) in [6.07, 6.45) is 0.829. The van der Waals surface area contributed by atoms with E-state index in [1.807, 2.05) is 18.2 Å². The molecule has 2 N–H and O–H groups in total. The van der Waals surface area contributed by atoms with Crippen molar-refractivity contribution < 1.29 is 4.74 Å². The van der Waals surface area contributed by atoms with Gasteiger partial charge in [-0.3, -0.25) is 0 Å². The quantitative estimate of drug-likeness (QED) is 0.750. The van der Waals surface area contributed by atoms with Crippen LogP contribution in [0.2, 0.25) is 0 Å². The van der Waals surface area contributed by atoms with Crippen molar-refractivity contribution in [2.24, 2.45) is 0 Å². The molecule has 6 heteroatoms. The molecule has 0 radical (unpaired) electrons. The average molecular weight is 434 g/mol. The molecule has 2 aromatic rings. The lowest BCUT2D eigenvalue weighted by molar-refractivity contribution is 0.412. The van der Waals surface area contributed by atoms with Gasteiger partial charge in [-0.15, -0.1) is 0 Å². The average Bonchev–Trinajstić information content (AvgIpc) is 2.41. The van der Waals surface area contributed by atoms with Crippen LogP contribution in [0.1, 0.15) is 12.6 Å². The molecule has 19 heavy (non-hydrogen) atoms. The Hall–Kier alpha value is -0.890. The minimum Gasteiger partial charge on any atom is -0.496 e. The predicted octanol–water partition coefficient (Wildman–Crippen LogP) is 3.66. The van der Waals surface area contributed by atoms with Crippen LogP contribution in [0.15, 0.2) is 22.7 Å². The summed E-state index contributed by atoms with van der Waals surface area (Å²) in [6, 6.07) is 5.73. The third kappa shape index (κ3) is 3.00. The third-order valence-electron chi connectivity index (χ3n) is 2.69. The molecule has 1 aromatic heterocycles. The molecular formula is C13H13BrIN3O. The van der Waals surface area contributed by atoms with Gasteiger partial charge in [0, 0.05) is 5.56 Å². The summed E-state index contributed by atoms with van der Waals surface area (Å²) in [5.74, 6) is 1.94. The number of nitrogens with zero attached hydrogens (tertiary/aromatic N) is 2. The second-order valence-corrected chi connectivity index (χ2v) is 5.83. The molecule has 0 unspecified atom stereocenters. The van der Waals surface area contributed by atoms with E-state index in [0.717, 1.165) is 31.5 Å². The molecule has 0 amide bonds. The van der Waals surface area contributed by atoms with Crippen molar-refractivity contribution >= 4 is 44.3 Å². The molecule has 0 saturated heterocycles. The lowest BCUT2D eigenvalue weighted by atomic mass is 10.2. The van der Waals surface area contributed by atoms with E-state index in [1.54, 1.807) is 7.11 Å². The maximum Gasteiger partial charge on any atom is 0.161 e. The smallest absolute Gasteiger partial charge is 0.161 e. The first-order valence-corrected chi connectivity index (χ1v) is 7.59. The fourth-order valence-corrected chi connectivity index (χ4v) is 2.85. The first-order chi connectivity index (χ1) is 9.06. The molecule has 100 valence electrons. The minimum absolute atomic E-state index is 0.523. The van der Waals surface area contributed by atoms with Crippen LogP contribution in [-0.4, -0.2) is 17.1 Å². The summed E-state index contributed by atoms with van der Waals surface area (Å²) in [5.41, 5.74) is 7.81. The van der Waals surface area contributed by atoms with Crippen LogP contribution in [-0.2, 0) is 6.42 Å². The van der Waals surface area contributed by atoms with Gasteiger partial charge in [-0.2, -0.15) is 0 Å². The third-order valence-corrected chi connectivity index (χ3v) is 4.49. The zero-order valence-electron chi connectivity index (χ0n) is 10.6. The molecule has 4 nitrogen and oxygen atoms in total. The first-order valence-electron chi connectivity index (χ1n) is 5.72. The topological polar surface area (TPSA) is 61.0 Å². The highest BCUT2D eigenvalue weighted by Gasteiger charge is 2.11. The second kappa shape index (κ2) is 6.04. The van der Waals surface area contributed by atoms with Gasteiger partial charge in [0.25, 0.3) is 0 Å². The van der Waals surface area contributed by atoms with Crippen LogP contribution in [0.5, 0.6) is 5.75 Å². The normalized spacial score (nSPS) is 10.5. The molecule has 0 fully saturated rings. The molecule has 0 aliphatic heterocycles. The number of hydrogen-bond donors (Lipinski definition) is 1. The van der Waals surface area contributed by atoms with Crippen molar-refractivity contribution in [2.75, 3.05) is 12.8 Å². The van der Waals surface area contributed by atoms with Crippen LogP contribution >= 0.6 is 38.5 Å². The van der Waals surface area contributed by atoms with Crippen molar-refractivity contribution in [1.29, 1.82) is 0 Å². The monoisotopic (exact) mass is 433 g/mol. The number of aromatic nitrogens is 2. The summed E-state index contributed by atoms with van der Waals surface area (Å²) in [5, 5.41) is 0. The van der Waals surface area contributed by atoms with Crippen LogP contribution in [0.25, 0.3) is 11.4 Å². The van der Waals surface area contributed by atoms with E-state index in [4.69, 9.17) is 10.5 Å². The molecule has 1 aromatic carbocycles. The van der Waals surface area contributed by atoms with Crippen molar-refractivity contribution in [3.05, 3.63) is 31.9 Å². The Bertz CT molecular complexity index is 619. The Morgan fingerprint density at radius 1 is 1.37 bits per heavy atom. The van der Waals surface area contributed by atoms with E-state index in [9.17, 15) is 0 Å². The first kappa shape index (κ1) is 14.5. The number of anilines is 1. The van der Waals surface area contributed by atoms with Gasteiger partial charge < -0.3 is 10.5 Å². The minimum atomic E-state index is 0.523. The van der Waals surface area contributed by atoms with Crippen LogP contribution in [0.4, 0.5) is 5.82 Å². The number of aryl methyl sites for hydroxylation is 1. The maximum absolute atomic E-state index is 5.93. The summed E-state index contributed by atoms with van der Waals surface area (Å²) < 4.78 is 7.00. The van der Waals surface area contributed by atoms with Gasteiger partial charge in [0.05, 0.1) is 20.8 Å². The van der Waals surface area contributed by atoms with E-state index in [2.05, 4.69) is 55.4 Å². The highest BCUT2D eigenvalue weighted by Crippen LogP contribution is 2.30. The Kier molecular flexibility index (Phi) is 4.62. The second-order valence-electron chi connectivity index (χ2n) is 3.90. The highest BCUT2D eigenvalue weighted by molar-refractivity contribution is 14.1. The standard InChI is InChI=1S/C13H13BrIN3O/c1-3-9-11(15)12(16)18-13(17-9)7-4-5-10(19-2)8(14)6-7/h4-6H,3H2,1-2H3,(H2,16,17,18). The van der Waals surface area contributed by atoms with Crippen molar-refractivity contribution in [3.63, 3.8) is 0 Å². The largest absolute Gasteiger partial charge is 0.496 e. The van der Waals surface area contributed by atoms with Gasteiger partial charge in [-0.1, -0.05) is 6.92 Å². The highest BCUT2D eigenvalue weighted by atomic mass is 127. The summed E-state index contributed by atoms with van der Waals surface area (Å²) in [6.45, 7) is 2.05. The summed E-state index contributed by atoms with van der Waals surface area (Å²) >= 11 is 5.64. The van der Waals surface area contributed by atoms with Gasteiger partial charge in [0.1, 0.15) is 11.6 Å². The Morgan fingerprint density at radius 3 is 2.68 bits per heavy atom. The van der Waals surface area contributed by atoms with E-state index in [1.165, 1.54) is 0 Å². The lowest BCUT2D eigenvalue weighted by Crippen LogP contribution is -2.04. The molecule has 0 saturated carbocycles. The summed E-state index contributed by atoms with van der Waals surface area (Å²) in [4.78, 5) is 8.90. The number of hydrogen-bond acceptors (Lipinski definition) is 4. The molecule has 0 atom stereocenters. The van der Waals surface area contributed by atoms with Gasteiger partial charge in [-0.25, -0.2) is 9.97 Å². The fraction of sp³-hybridized carbons (Fsp3) is 0.231. The Labute approximate surface area is 134 Å². The molecule has 2 rings (SSSR count). The molecule has 0 aliphatic carbocycles. The predicted molar refractivity (Wildman–Crippen MR) is 88.2 cm³/mol. The lowest BCUT2D eigenvalue weighted by Gasteiger charge is -2.09. The van der Waals surface area contributed by atoms with Gasteiger partial charge in [-0.05, 0) is 63.1 Å². The Morgan fingerprint density at radius 2 is 2.11 bits per heavy atom. The number of ether oxygens (including phenoxy) is 1. The Balaban J connectivity index is 2.53. The van der Waals surface area contributed by atoms with Gasteiger partial charge >= 0.3 is 0 Å². The number of halogens is 2. The zero-order chi connectivity index (χ0) is 14.0. The fourth-order valence-electron chi connectivity index (χ4n) is 1.68. The zero-order valence-corrected chi connectivity index (χ0v) is 14.3. The SMILES string of the molecule is CCc1nc(-c2ccc(OC)c(Br)c2)nc(N)c1I. The van der Waals surface area contributed by atoms with Crippen LogP contribution in [0.3, 0.4) is 0 Å². The van der Waals surface area contributed by atoms with Crippen LogP contribution in [0, 0.1) is 3.57 Å². The molecular weight excluding hydrogens is 421 g/mol. The number of rotatable bonds is 3. The van der Waals surface area contributed by atoms with Crippen molar-refractivity contribution in [2.45, 2.75) is 13.3 Å². The number of benzene rings is 1. The van der Waals surface area contributed by atoms with Gasteiger partial charge in [0.15, 0.2) is 5.82 Å². The van der Waals surface area contributed by atoms with E-state index in [-0.39, 0.29) is 0 Å². The van der Waals surface area contributed by atoms with E-state index < -0.39 is 0 Å². The molecule has 1 heterocycles. The van der Waals surface area contributed by atoms with Crippen LogP contribution < -0.4 is 10.5 Å². The number of methoxy groups -OCH3 is 1. The van der Waals surface area contributed by atoms with Crippen molar-refractivity contribution in [1.82, 2.24) is 9.97 Å². The van der Waals surface area contributed by atoms with E-state index >= 15 is 0 Å². The van der Waals surface area contributed by atoms with Crippen molar-refractivity contribution in [3.8, 4) is 17.1 Å². The number of nitrogens with two attached hydrogens (primary N) is 1. The molecule has 0 bridgehead atoms. The maximum atomic E-state index is 5.93. The molecule has 0 spiro atoms. The van der Waals surface area contributed by atoms with Gasteiger partial charge in [0.2, 0.25) is 0 Å². The molecule has 0 aliphatic rings.